The number of nitrogens with two attached hydrogens (primary N) is 1. The summed E-state index contributed by atoms with van der Waals surface area (Å²) in [6.07, 6.45) is 1.27. The van der Waals surface area contributed by atoms with Crippen molar-refractivity contribution >= 4 is 5.91 Å². The second kappa shape index (κ2) is 4.53. The number of benzene rings is 1. The molecule has 1 aliphatic carbocycles. The quantitative estimate of drug-likeness (QED) is 0.774. The lowest BCUT2D eigenvalue weighted by Crippen LogP contribution is -2.30. The Kier molecular flexibility index (Phi) is 3.10. The van der Waals surface area contributed by atoms with Crippen molar-refractivity contribution in [3.8, 4) is 5.75 Å². The van der Waals surface area contributed by atoms with Crippen molar-refractivity contribution < 1.29 is 9.53 Å². The highest BCUT2D eigenvalue weighted by Crippen LogP contribution is 2.18. The van der Waals surface area contributed by atoms with Crippen LogP contribution in [0.5, 0.6) is 5.75 Å². The lowest BCUT2D eigenvalue weighted by Gasteiger charge is -2.05. The monoisotopic (exact) mass is 220 g/mol. The Hall–Kier alpha value is -1.55. The number of hydrogen-bond acceptors (Lipinski definition) is 3. The van der Waals surface area contributed by atoms with Crippen LogP contribution in [-0.4, -0.2) is 25.1 Å². The SMILES string of the molecule is COc1cccc(CC(=O)NC2CC2N)c1. The maximum atomic E-state index is 11.6. The maximum Gasteiger partial charge on any atom is 0.224 e. The van der Waals surface area contributed by atoms with Gasteiger partial charge in [-0.1, -0.05) is 12.1 Å². The molecular weight excluding hydrogens is 204 g/mol. The second-order valence-corrected chi connectivity index (χ2v) is 4.10. The minimum Gasteiger partial charge on any atom is -0.497 e. The lowest BCUT2D eigenvalue weighted by molar-refractivity contribution is -0.120. The molecule has 16 heavy (non-hydrogen) atoms. The zero-order valence-corrected chi connectivity index (χ0v) is 9.27. The van der Waals surface area contributed by atoms with Crippen LogP contribution in [0.1, 0.15) is 12.0 Å². The van der Waals surface area contributed by atoms with Crippen molar-refractivity contribution in [2.75, 3.05) is 7.11 Å². The summed E-state index contributed by atoms with van der Waals surface area (Å²) in [5.41, 5.74) is 6.57. The van der Waals surface area contributed by atoms with Crippen molar-refractivity contribution in [1.29, 1.82) is 0 Å². The third-order valence-corrected chi connectivity index (χ3v) is 2.69. The molecule has 2 atom stereocenters. The first-order valence-corrected chi connectivity index (χ1v) is 5.37. The normalized spacial score (nSPS) is 22.6. The smallest absolute Gasteiger partial charge is 0.224 e. The Morgan fingerprint density at radius 1 is 1.62 bits per heavy atom. The van der Waals surface area contributed by atoms with Crippen LogP contribution in [0.4, 0.5) is 0 Å². The van der Waals surface area contributed by atoms with E-state index in [0.717, 1.165) is 17.7 Å². The topological polar surface area (TPSA) is 64.3 Å². The molecule has 1 amide bonds. The molecule has 0 radical (unpaired) electrons. The van der Waals surface area contributed by atoms with Crippen LogP contribution >= 0.6 is 0 Å². The first-order valence-electron chi connectivity index (χ1n) is 5.37. The minimum atomic E-state index is 0.0196. The predicted octanol–water partition coefficient (Wildman–Crippen LogP) is 0.453. The van der Waals surface area contributed by atoms with Crippen molar-refractivity contribution in [1.82, 2.24) is 5.32 Å². The molecule has 1 aromatic carbocycles. The van der Waals surface area contributed by atoms with Crippen LogP contribution in [-0.2, 0) is 11.2 Å². The van der Waals surface area contributed by atoms with Crippen molar-refractivity contribution in [2.45, 2.75) is 24.9 Å². The summed E-state index contributed by atoms with van der Waals surface area (Å²) < 4.78 is 5.10. The van der Waals surface area contributed by atoms with Gasteiger partial charge in [0.05, 0.1) is 13.5 Å². The van der Waals surface area contributed by atoms with E-state index >= 15 is 0 Å². The Bertz CT molecular complexity index is 392. The molecule has 4 heteroatoms. The molecule has 1 aliphatic rings. The van der Waals surface area contributed by atoms with E-state index in [1.807, 2.05) is 24.3 Å². The molecule has 0 bridgehead atoms. The predicted molar refractivity (Wildman–Crippen MR) is 61.2 cm³/mol. The zero-order chi connectivity index (χ0) is 11.5. The highest BCUT2D eigenvalue weighted by molar-refractivity contribution is 5.79. The van der Waals surface area contributed by atoms with Gasteiger partial charge in [-0.3, -0.25) is 4.79 Å². The van der Waals surface area contributed by atoms with E-state index in [1.54, 1.807) is 7.11 Å². The van der Waals surface area contributed by atoms with E-state index in [4.69, 9.17) is 10.5 Å². The van der Waals surface area contributed by atoms with Crippen LogP contribution in [0, 0.1) is 0 Å². The molecular formula is C12H16N2O2. The fourth-order valence-electron chi connectivity index (χ4n) is 1.61. The molecule has 0 spiro atoms. The van der Waals surface area contributed by atoms with Crippen LogP contribution in [0.25, 0.3) is 0 Å². The molecule has 86 valence electrons. The van der Waals surface area contributed by atoms with Gasteiger partial charge in [0.15, 0.2) is 0 Å². The first kappa shape index (κ1) is 11.0. The van der Waals surface area contributed by atoms with Gasteiger partial charge in [0.25, 0.3) is 0 Å². The van der Waals surface area contributed by atoms with E-state index < -0.39 is 0 Å². The fraction of sp³-hybridized carbons (Fsp3) is 0.417. The van der Waals surface area contributed by atoms with Crippen molar-refractivity contribution in [2.24, 2.45) is 5.73 Å². The molecule has 0 aromatic heterocycles. The largest absolute Gasteiger partial charge is 0.497 e. The van der Waals surface area contributed by atoms with Crippen LogP contribution < -0.4 is 15.8 Å². The summed E-state index contributed by atoms with van der Waals surface area (Å²) >= 11 is 0. The summed E-state index contributed by atoms with van der Waals surface area (Å²) in [7, 11) is 1.61. The standard InChI is InChI=1S/C12H16N2O2/c1-16-9-4-2-3-8(5-9)6-12(15)14-11-7-10(11)13/h2-5,10-11H,6-7,13H2,1H3,(H,14,15). The number of amides is 1. The van der Waals surface area contributed by atoms with E-state index in [-0.39, 0.29) is 18.0 Å². The number of rotatable bonds is 4. The van der Waals surface area contributed by atoms with E-state index in [1.165, 1.54) is 0 Å². The third kappa shape index (κ3) is 2.73. The Labute approximate surface area is 94.8 Å². The van der Waals surface area contributed by atoms with Crippen molar-refractivity contribution in [3.63, 3.8) is 0 Å². The fourth-order valence-corrected chi connectivity index (χ4v) is 1.61. The summed E-state index contributed by atoms with van der Waals surface area (Å²) in [6, 6.07) is 7.84. The maximum absolute atomic E-state index is 11.6. The lowest BCUT2D eigenvalue weighted by atomic mass is 10.1. The highest BCUT2D eigenvalue weighted by Gasteiger charge is 2.34. The van der Waals surface area contributed by atoms with Crippen LogP contribution in [0.3, 0.4) is 0 Å². The molecule has 0 heterocycles. The number of nitrogens with one attached hydrogen (secondary N) is 1. The van der Waals surface area contributed by atoms with E-state index in [9.17, 15) is 4.79 Å². The highest BCUT2D eigenvalue weighted by atomic mass is 16.5. The summed E-state index contributed by atoms with van der Waals surface area (Å²) in [5.74, 6) is 0.791. The van der Waals surface area contributed by atoms with Gasteiger partial charge in [0.1, 0.15) is 5.75 Å². The first-order chi connectivity index (χ1) is 7.69. The summed E-state index contributed by atoms with van der Waals surface area (Å²) in [4.78, 5) is 11.6. The van der Waals surface area contributed by atoms with E-state index in [2.05, 4.69) is 5.32 Å². The van der Waals surface area contributed by atoms with Gasteiger partial charge in [-0.25, -0.2) is 0 Å². The van der Waals surface area contributed by atoms with E-state index in [0.29, 0.717) is 6.42 Å². The zero-order valence-electron chi connectivity index (χ0n) is 9.27. The summed E-state index contributed by atoms with van der Waals surface area (Å²) in [5, 5.41) is 2.88. The molecule has 1 fully saturated rings. The summed E-state index contributed by atoms with van der Waals surface area (Å²) in [6.45, 7) is 0. The Morgan fingerprint density at radius 3 is 3.00 bits per heavy atom. The second-order valence-electron chi connectivity index (χ2n) is 4.10. The van der Waals surface area contributed by atoms with Gasteiger partial charge in [-0.05, 0) is 24.1 Å². The number of hydrogen-bond donors (Lipinski definition) is 2. The van der Waals surface area contributed by atoms with Crippen molar-refractivity contribution in [3.05, 3.63) is 29.8 Å². The van der Waals surface area contributed by atoms with Gasteiger partial charge >= 0.3 is 0 Å². The molecule has 0 aliphatic heterocycles. The number of methoxy groups -OCH3 is 1. The van der Waals surface area contributed by atoms with Gasteiger partial charge in [0.2, 0.25) is 5.91 Å². The molecule has 1 saturated carbocycles. The minimum absolute atomic E-state index is 0.0196. The number of ether oxygens (including phenoxy) is 1. The number of carbonyl (C=O) groups is 1. The number of carbonyl (C=O) groups excluding carboxylic acids is 1. The Balaban J connectivity index is 1.89. The molecule has 0 saturated heterocycles. The van der Waals surface area contributed by atoms with Crippen LogP contribution in [0.15, 0.2) is 24.3 Å². The molecule has 2 unspecified atom stereocenters. The van der Waals surface area contributed by atoms with Gasteiger partial charge in [0, 0.05) is 12.1 Å². The molecule has 4 nitrogen and oxygen atoms in total. The van der Waals surface area contributed by atoms with Gasteiger partial charge in [-0.2, -0.15) is 0 Å². The van der Waals surface area contributed by atoms with Crippen LogP contribution in [0.2, 0.25) is 0 Å². The average Bonchev–Trinajstić information content (AvgIpc) is 2.94. The Morgan fingerprint density at radius 2 is 2.38 bits per heavy atom. The van der Waals surface area contributed by atoms with Gasteiger partial charge in [-0.15, -0.1) is 0 Å². The molecule has 3 N–H and O–H groups in total. The molecule has 1 aromatic rings. The molecule has 2 rings (SSSR count). The average molecular weight is 220 g/mol. The van der Waals surface area contributed by atoms with Gasteiger partial charge < -0.3 is 15.8 Å². The third-order valence-electron chi connectivity index (χ3n) is 2.69.